The third kappa shape index (κ3) is 4.78. The second-order valence-electron chi connectivity index (χ2n) is 6.12. The third-order valence-electron chi connectivity index (χ3n) is 4.08. The summed E-state index contributed by atoms with van der Waals surface area (Å²) in [5.41, 5.74) is 0.926. The van der Waals surface area contributed by atoms with Crippen LogP contribution in [-0.4, -0.2) is 29.2 Å². The van der Waals surface area contributed by atoms with Crippen LogP contribution in [0.15, 0.2) is 41.3 Å². The maximum Gasteiger partial charge on any atom is 0.294 e. The molecule has 2 amide bonds. The van der Waals surface area contributed by atoms with Crippen LogP contribution in [0, 0.1) is 18.2 Å². The van der Waals surface area contributed by atoms with E-state index in [1.165, 1.54) is 12.1 Å². The standard InChI is InChI=1S/C22H17ClFNO4S/c1-3-9-25-21(26)19(30-22(25)27)12-14-10-16(23)20(18(11-14)28-4-2)29-13-15-7-5-6-8-17(15)24/h1,5-8,10-12H,4,9,13H2,2H3/b19-12-. The number of rotatable bonds is 7. The van der Waals surface area contributed by atoms with Crippen molar-refractivity contribution >= 4 is 40.6 Å². The van der Waals surface area contributed by atoms with Crippen molar-refractivity contribution in [3.8, 4) is 23.8 Å². The predicted molar refractivity (Wildman–Crippen MR) is 115 cm³/mol. The van der Waals surface area contributed by atoms with Crippen molar-refractivity contribution in [1.82, 2.24) is 4.90 Å². The molecule has 8 heteroatoms. The van der Waals surface area contributed by atoms with Crippen molar-refractivity contribution in [3.63, 3.8) is 0 Å². The van der Waals surface area contributed by atoms with Crippen molar-refractivity contribution in [1.29, 1.82) is 0 Å². The minimum absolute atomic E-state index is 0.0310. The summed E-state index contributed by atoms with van der Waals surface area (Å²) >= 11 is 7.18. The van der Waals surface area contributed by atoms with Gasteiger partial charge in [-0.05, 0) is 48.5 Å². The zero-order chi connectivity index (χ0) is 21.7. The van der Waals surface area contributed by atoms with Crippen molar-refractivity contribution in [2.24, 2.45) is 0 Å². The van der Waals surface area contributed by atoms with Gasteiger partial charge in [-0.2, -0.15) is 0 Å². The van der Waals surface area contributed by atoms with Crippen LogP contribution in [0.1, 0.15) is 18.1 Å². The molecule has 0 atom stereocenters. The molecule has 1 fully saturated rings. The normalized spacial score (nSPS) is 14.9. The molecule has 0 saturated carbocycles. The van der Waals surface area contributed by atoms with Gasteiger partial charge in [-0.15, -0.1) is 6.42 Å². The first-order valence-corrected chi connectivity index (χ1v) is 10.2. The Morgan fingerprint density at radius 3 is 2.73 bits per heavy atom. The van der Waals surface area contributed by atoms with Crippen LogP contribution >= 0.6 is 23.4 Å². The summed E-state index contributed by atoms with van der Waals surface area (Å²) in [7, 11) is 0. The van der Waals surface area contributed by atoms with Crippen LogP contribution in [0.3, 0.4) is 0 Å². The maximum absolute atomic E-state index is 13.9. The highest BCUT2D eigenvalue weighted by Gasteiger charge is 2.34. The Bertz CT molecular complexity index is 1060. The number of nitrogens with zero attached hydrogens (tertiary/aromatic N) is 1. The minimum atomic E-state index is -0.461. The van der Waals surface area contributed by atoms with Gasteiger partial charge in [0, 0.05) is 5.56 Å². The van der Waals surface area contributed by atoms with Gasteiger partial charge >= 0.3 is 0 Å². The number of carbonyl (C=O) groups is 2. The molecule has 1 aliphatic rings. The molecular weight excluding hydrogens is 429 g/mol. The monoisotopic (exact) mass is 445 g/mol. The number of thioether (sulfide) groups is 1. The summed E-state index contributed by atoms with van der Waals surface area (Å²) in [6.07, 6.45) is 6.74. The molecule has 0 spiro atoms. The lowest BCUT2D eigenvalue weighted by Gasteiger charge is -2.15. The molecule has 0 N–H and O–H groups in total. The van der Waals surface area contributed by atoms with Gasteiger partial charge in [0.05, 0.1) is 23.1 Å². The summed E-state index contributed by atoms with van der Waals surface area (Å²) in [6, 6.07) is 9.49. The molecule has 0 unspecified atom stereocenters. The Morgan fingerprint density at radius 1 is 1.27 bits per heavy atom. The third-order valence-corrected chi connectivity index (χ3v) is 5.27. The van der Waals surface area contributed by atoms with E-state index in [4.69, 9.17) is 27.5 Å². The smallest absolute Gasteiger partial charge is 0.294 e. The van der Waals surface area contributed by atoms with Crippen LogP contribution < -0.4 is 9.47 Å². The van der Waals surface area contributed by atoms with E-state index in [1.807, 2.05) is 0 Å². The summed E-state index contributed by atoms with van der Waals surface area (Å²) in [6.45, 7) is 2.02. The van der Waals surface area contributed by atoms with Gasteiger partial charge in [-0.1, -0.05) is 35.7 Å². The van der Waals surface area contributed by atoms with Crippen LogP contribution in [0.5, 0.6) is 11.5 Å². The minimum Gasteiger partial charge on any atom is -0.490 e. The molecule has 0 aliphatic carbocycles. The molecule has 2 aromatic carbocycles. The number of terminal acetylenes is 1. The lowest BCUT2D eigenvalue weighted by molar-refractivity contribution is -0.122. The first-order chi connectivity index (χ1) is 14.4. The number of ether oxygens (including phenoxy) is 2. The number of imide groups is 1. The van der Waals surface area contributed by atoms with Crippen LogP contribution in [0.25, 0.3) is 6.08 Å². The van der Waals surface area contributed by atoms with E-state index in [1.54, 1.807) is 37.3 Å². The molecule has 1 heterocycles. The summed E-state index contributed by atoms with van der Waals surface area (Å²) < 4.78 is 25.2. The molecule has 154 valence electrons. The number of hydrogen-bond acceptors (Lipinski definition) is 5. The topological polar surface area (TPSA) is 55.8 Å². The largest absolute Gasteiger partial charge is 0.490 e. The Morgan fingerprint density at radius 2 is 2.03 bits per heavy atom. The highest BCUT2D eigenvalue weighted by molar-refractivity contribution is 8.18. The second kappa shape index (κ2) is 9.70. The predicted octanol–water partition coefficient (Wildman–Crippen LogP) is 5.13. The Hall–Kier alpha value is -2.95. The summed E-state index contributed by atoms with van der Waals surface area (Å²) in [4.78, 5) is 25.5. The Labute approximate surface area is 182 Å². The lowest BCUT2D eigenvalue weighted by Crippen LogP contribution is -2.28. The zero-order valence-electron chi connectivity index (χ0n) is 16.0. The van der Waals surface area contributed by atoms with Gasteiger partial charge in [0.15, 0.2) is 11.5 Å². The molecular formula is C22H17ClFNO4S. The number of hydrogen-bond donors (Lipinski definition) is 0. The van der Waals surface area contributed by atoms with E-state index in [0.717, 1.165) is 16.7 Å². The second-order valence-corrected chi connectivity index (χ2v) is 7.52. The van der Waals surface area contributed by atoms with Crippen LogP contribution in [0.2, 0.25) is 5.02 Å². The number of halogens is 2. The van der Waals surface area contributed by atoms with Crippen LogP contribution in [-0.2, 0) is 11.4 Å². The van der Waals surface area contributed by atoms with Crippen molar-refractivity contribution in [2.45, 2.75) is 13.5 Å². The van der Waals surface area contributed by atoms with Crippen molar-refractivity contribution in [2.75, 3.05) is 13.2 Å². The maximum atomic E-state index is 13.9. The van der Waals surface area contributed by atoms with Gasteiger partial charge in [0.25, 0.3) is 11.1 Å². The molecule has 0 aromatic heterocycles. The fourth-order valence-corrected chi connectivity index (χ4v) is 3.83. The Kier molecular flexibility index (Phi) is 7.03. The average molecular weight is 446 g/mol. The van der Waals surface area contributed by atoms with E-state index in [9.17, 15) is 14.0 Å². The number of benzene rings is 2. The van der Waals surface area contributed by atoms with E-state index < -0.39 is 11.1 Å². The van der Waals surface area contributed by atoms with Gasteiger partial charge < -0.3 is 9.47 Å². The number of amides is 2. The van der Waals surface area contributed by atoms with Gasteiger partial charge in [0.1, 0.15) is 12.4 Å². The molecule has 0 bridgehead atoms. The van der Waals surface area contributed by atoms with Gasteiger partial charge in [-0.25, -0.2) is 4.39 Å². The zero-order valence-corrected chi connectivity index (χ0v) is 17.6. The fraction of sp³-hybridized carbons (Fsp3) is 0.182. The quantitative estimate of drug-likeness (QED) is 0.437. The fourth-order valence-electron chi connectivity index (χ4n) is 2.72. The van der Waals surface area contributed by atoms with E-state index in [2.05, 4.69) is 5.92 Å². The number of carbonyl (C=O) groups excluding carboxylic acids is 2. The first kappa shape index (κ1) is 21.8. The molecule has 1 saturated heterocycles. The molecule has 0 radical (unpaired) electrons. The summed E-state index contributed by atoms with van der Waals surface area (Å²) in [5.74, 6) is 2.05. The van der Waals surface area contributed by atoms with Crippen molar-refractivity contribution in [3.05, 3.63) is 63.3 Å². The van der Waals surface area contributed by atoms with Crippen LogP contribution in [0.4, 0.5) is 9.18 Å². The summed E-state index contributed by atoms with van der Waals surface area (Å²) in [5, 5.41) is -0.198. The lowest BCUT2D eigenvalue weighted by atomic mass is 10.1. The highest BCUT2D eigenvalue weighted by Crippen LogP contribution is 2.39. The van der Waals surface area contributed by atoms with Crippen molar-refractivity contribution < 1.29 is 23.5 Å². The average Bonchev–Trinajstić information content (AvgIpc) is 2.96. The van der Waals surface area contributed by atoms with Gasteiger partial charge in [0.2, 0.25) is 0 Å². The van der Waals surface area contributed by atoms with Gasteiger partial charge in [-0.3, -0.25) is 14.5 Å². The first-order valence-electron chi connectivity index (χ1n) is 8.96. The molecule has 3 rings (SSSR count). The van der Waals surface area contributed by atoms with E-state index >= 15 is 0 Å². The SMILES string of the molecule is C#CCN1C(=O)S/C(=C\c2cc(Cl)c(OCc3ccccc3F)c(OCC)c2)C1=O. The highest BCUT2D eigenvalue weighted by atomic mass is 35.5. The molecule has 2 aromatic rings. The molecule has 30 heavy (non-hydrogen) atoms. The van der Waals surface area contributed by atoms with E-state index in [0.29, 0.717) is 23.5 Å². The Balaban J connectivity index is 1.88. The van der Waals surface area contributed by atoms with E-state index in [-0.39, 0.29) is 34.6 Å². The molecule has 5 nitrogen and oxygen atoms in total. The molecule has 1 aliphatic heterocycles.